The third-order valence-electron chi connectivity index (χ3n) is 9.12. The molecular weight excluding hydrogens is 546 g/mol. The summed E-state index contributed by atoms with van der Waals surface area (Å²) in [4.78, 5) is 42.0. The maximum absolute atomic E-state index is 13.9. The zero-order valence-electron chi connectivity index (χ0n) is 26.7. The third kappa shape index (κ3) is 8.90. The first-order valence-corrected chi connectivity index (χ1v) is 16.7. The van der Waals surface area contributed by atoms with Crippen molar-refractivity contribution in [2.45, 2.75) is 97.1 Å². The van der Waals surface area contributed by atoms with Crippen molar-refractivity contribution in [1.82, 2.24) is 19.8 Å². The summed E-state index contributed by atoms with van der Waals surface area (Å²) < 4.78 is 0. The molecule has 2 aliphatic rings. The lowest BCUT2D eigenvalue weighted by molar-refractivity contribution is -0.132. The first-order valence-electron chi connectivity index (χ1n) is 16.7. The van der Waals surface area contributed by atoms with Crippen LogP contribution in [0, 0.1) is 6.92 Å². The fourth-order valence-electron chi connectivity index (χ4n) is 6.69. The van der Waals surface area contributed by atoms with Gasteiger partial charge >= 0.3 is 0 Å². The van der Waals surface area contributed by atoms with E-state index < -0.39 is 0 Å². The van der Waals surface area contributed by atoms with Crippen LogP contribution < -0.4 is 4.90 Å². The first kappa shape index (κ1) is 31.7. The number of fused-ring (bicyclic) bond motifs is 1. The molecule has 234 valence electrons. The minimum atomic E-state index is 0.111. The quantitative estimate of drug-likeness (QED) is 0.312. The predicted molar refractivity (Wildman–Crippen MR) is 176 cm³/mol. The number of likely N-dealkylation sites (tertiary alicyclic amines) is 1. The Labute approximate surface area is 263 Å². The van der Waals surface area contributed by atoms with Gasteiger partial charge < -0.3 is 14.7 Å². The summed E-state index contributed by atoms with van der Waals surface area (Å²) in [6.07, 6.45) is 10.1. The Hall–Kier alpha value is -3.74. The van der Waals surface area contributed by atoms with Crippen LogP contribution in [0.3, 0.4) is 0 Å². The molecule has 0 spiro atoms. The zero-order chi connectivity index (χ0) is 30.7. The maximum Gasteiger partial charge on any atom is 0.223 e. The van der Waals surface area contributed by atoms with Crippen LogP contribution in [-0.4, -0.2) is 57.8 Å². The smallest absolute Gasteiger partial charge is 0.223 e. The van der Waals surface area contributed by atoms with Gasteiger partial charge in [-0.05, 0) is 62.3 Å². The molecule has 2 aliphatic heterocycles. The summed E-state index contributed by atoms with van der Waals surface area (Å²) in [5.41, 5.74) is 5.59. The average molecular weight is 596 g/mol. The van der Waals surface area contributed by atoms with Gasteiger partial charge in [0, 0.05) is 75.6 Å². The van der Waals surface area contributed by atoms with E-state index in [1.165, 1.54) is 42.5 Å². The second-order valence-corrected chi connectivity index (χ2v) is 12.6. The van der Waals surface area contributed by atoms with Crippen molar-refractivity contribution in [2.75, 3.05) is 31.1 Å². The zero-order valence-corrected chi connectivity index (χ0v) is 26.7. The molecular formula is C37H49N5O2. The number of rotatable bonds is 6. The molecule has 5 rings (SSSR count). The summed E-state index contributed by atoms with van der Waals surface area (Å²) in [5.74, 6) is 1.26. The maximum atomic E-state index is 13.9. The van der Waals surface area contributed by atoms with Gasteiger partial charge in [0.1, 0.15) is 5.82 Å². The van der Waals surface area contributed by atoms with Crippen LogP contribution in [-0.2, 0) is 29.1 Å². The number of carbonyl (C=O) groups excluding carboxylic acids is 2. The van der Waals surface area contributed by atoms with Gasteiger partial charge in [-0.3, -0.25) is 9.59 Å². The lowest BCUT2D eigenvalue weighted by Gasteiger charge is -2.31. The molecule has 1 atom stereocenters. The molecule has 3 aromatic rings. The van der Waals surface area contributed by atoms with E-state index >= 15 is 0 Å². The minimum Gasteiger partial charge on any atom is -0.367 e. The number of nitrogens with zero attached hydrogens (tertiary/aromatic N) is 5. The highest BCUT2D eigenvalue weighted by atomic mass is 16.2. The van der Waals surface area contributed by atoms with Crippen LogP contribution in [0.5, 0.6) is 0 Å². The Balaban J connectivity index is 1.31. The van der Waals surface area contributed by atoms with Crippen molar-refractivity contribution in [2.24, 2.45) is 0 Å². The van der Waals surface area contributed by atoms with E-state index in [1.807, 2.05) is 17.9 Å². The Morgan fingerprint density at radius 1 is 0.818 bits per heavy atom. The van der Waals surface area contributed by atoms with Crippen LogP contribution in [0.2, 0.25) is 0 Å². The number of anilines is 1. The largest absolute Gasteiger partial charge is 0.367 e. The number of hydrogen-bond donors (Lipinski definition) is 0. The van der Waals surface area contributed by atoms with Crippen LogP contribution in [0.4, 0.5) is 5.69 Å². The number of benzene rings is 2. The molecule has 44 heavy (non-hydrogen) atoms. The molecule has 3 heterocycles. The molecule has 1 saturated heterocycles. The van der Waals surface area contributed by atoms with Gasteiger partial charge in [0.25, 0.3) is 0 Å². The second kappa shape index (κ2) is 15.8. The van der Waals surface area contributed by atoms with Crippen LogP contribution in [0.15, 0.2) is 60.7 Å². The summed E-state index contributed by atoms with van der Waals surface area (Å²) in [6, 6.07) is 21.4. The highest BCUT2D eigenvalue weighted by Gasteiger charge is 2.26. The van der Waals surface area contributed by atoms with Crippen LogP contribution in [0.1, 0.15) is 99.0 Å². The van der Waals surface area contributed by atoms with Crippen molar-refractivity contribution in [3.63, 3.8) is 0 Å². The molecule has 1 fully saturated rings. The summed E-state index contributed by atoms with van der Waals surface area (Å²) in [6.45, 7) is 8.40. The SMILES string of the molecule is CC(=O)N1CCCC(c2nc(C)cc(CCC(=O)N3CCCCCCCCN(Cc4ccccc4)c4ccccc4C3)n2)C1. The first-order chi connectivity index (χ1) is 21.5. The van der Waals surface area contributed by atoms with Gasteiger partial charge in [-0.2, -0.15) is 0 Å². The van der Waals surface area contributed by atoms with Crippen molar-refractivity contribution >= 4 is 17.5 Å². The molecule has 7 nitrogen and oxygen atoms in total. The van der Waals surface area contributed by atoms with Gasteiger partial charge in [0.2, 0.25) is 11.8 Å². The fourth-order valence-corrected chi connectivity index (χ4v) is 6.69. The molecule has 7 heteroatoms. The van der Waals surface area contributed by atoms with Gasteiger partial charge in [-0.1, -0.05) is 74.2 Å². The van der Waals surface area contributed by atoms with Gasteiger partial charge in [0.15, 0.2) is 0 Å². The summed E-state index contributed by atoms with van der Waals surface area (Å²) in [5, 5.41) is 0. The predicted octanol–water partition coefficient (Wildman–Crippen LogP) is 6.83. The Kier molecular flexibility index (Phi) is 11.4. The highest BCUT2D eigenvalue weighted by molar-refractivity contribution is 5.76. The molecule has 0 bridgehead atoms. The molecule has 1 unspecified atom stereocenters. The number of aryl methyl sites for hydroxylation is 2. The summed E-state index contributed by atoms with van der Waals surface area (Å²) in [7, 11) is 0. The van der Waals surface area contributed by atoms with Gasteiger partial charge in [-0.25, -0.2) is 9.97 Å². The van der Waals surface area contributed by atoms with Crippen molar-refractivity contribution in [3.05, 3.63) is 89.0 Å². The lowest BCUT2D eigenvalue weighted by atomic mass is 9.96. The normalized spacial score (nSPS) is 18.5. The van der Waals surface area contributed by atoms with E-state index in [4.69, 9.17) is 9.97 Å². The molecule has 0 aliphatic carbocycles. The number of carbonyl (C=O) groups is 2. The minimum absolute atomic E-state index is 0.111. The van der Waals surface area contributed by atoms with E-state index in [-0.39, 0.29) is 17.7 Å². The highest BCUT2D eigenvalue weighted by Crippen LogP contribution is 2.27. The lowest BCUT2D eigenvalue weighted by Crippen LogP contribution is -2.38. The third-order valence-corrected chi connectivity index (χ3v) is 9.12. The Morgan fingerprint density at radius 2 is 1.52 bits per heavy atom. The van der Waals surface area contributed by atoms with Crippen molar-refractivity contribution in [3.8, 4) is 0 Å². The number of aromatic nitrogens is 2. The van der Waals surface area contributed by atoms with E-state index in [0.717, 1.165) is 69.1 Å². The van der Waals surface area contributed by atoms with Gasteiger partial charge in [0.05, 0.1) is 0 Å². The van der Waals surface area contributed by atoms with E-state index in [1.54, 1.807) is 6.92 Å². The molecule has 0 radical (unpaired) electrons. The van der Waals surface area contributed by atoms with E-state index in [0.29, 0.717) is 25.9 Å². The Morgan fingerprint density at radius 3 is 2.32 bits per heavy atom. The standard InChI is InChI=1S/C37H49N5O2/c1-29-25-34(39-37(38-29)33-18-14-24-40(28-33)30(2)43)20-21-36(44)42-23-13-6-4-3-5-12-22-41(26-31-15-8-7-9-16-31)35-19-11-10-17-32(35)27-42/h7-11,15-17,19,25,33H,3-6,12-14,18,20-24,26-28H2,1-2H3. The van der Waals surface area contributed by atoms with E-state index in [9.17, 15) is 9.59 Å². The molecule has 1 aromatic heterocycles. The fraction of sp³-hybridized carbons (Fsp3) is 0.514. The monoisotopic (exact) mass is 595 g/mol. The number of para-hydroxylation sites is 1. The number of amides is 2. The molecule has 2 amide bonds. The topological polar surface area (TPSA) is 69.6 Å². The molecule has 2 aromatic carbocycles. The molecule has 0 N–H and O–H groups in total. The average Bonchev–Trinajstić information content (AvgIpc) is 3.05. The van der Waals surface area contributed by atoms with Crippen molar-refractivity contribution < 1.29 is 9.59 Å². The second-order valence-electron chi connectivity index (χ2n) is 12.6. The van der Waals surface area contributed by atoms with E-state index in [2.05, 4.69) is 64.4 Å². The van der Waals surface area contributed by atoms with Crippen molar-refractivity contribution in [1.29, 1.82) is 0 Å². The Bertz CT molecular complexity index is 1380. The molecule has 0 saturated carbocycles. The number of piperidine rings is 1. The summed E-state index contributed by atoms with van der Waals surface area (Å²) >= 11 is 0. The van der Waals surface area contributed by atoms with Gasteiger partial charge in [-0.15, -0.1) is 0 Å². The van der Waals surface area contributed by atoms with Crippen LogP contribution in [0.25, 0.3) is 0 Å². The van der Waals surface area contributed by atoms with Crippen LogP contribution >= 0.6 is 0 Å². The number of hydrogen-bond acceptors (Lipinski definition) is 5.